The molecule has 0 aliphatic heterocycles. The van der Waals surface area contributed by atoms with E-state index in [1.54, 1.807) is 13.8 Å². The van der Waals surface area contributed by atoms with E-state index in [9.17, 15) is 17.2 Å². The Balaban J connectivity index is 3.38. The number of nitrogens with zero attached hydrogens (tertiary/aromatic N) is 1. The van der Waals surface area contributed by atoms with Gasteiger partial charge in [0.1, 0.15) is 11.6 Å². The van der Waals surface area contributed by atoms with E-state index in [-0.39, 0.29) is 13.1 Å². The van der Waals surface area contributed by atoms with Crippen molar-refractivity contribution in [3.05, 3.63) is 29.8 Å². The summed E-state index contributed by atoms with van der Waals surface area (Å²) in [6.45, 7) is 3.57. The van der Waals surface area contributed by atoms with Gasteiger partial charge in [-0.3, -0.25) is 0 Å². The van der Waals surface area contributed by atoms with Gasteiger partial charge in [-0.2, -0.15) is 4.31 Å². The maximum atomic E-state index is 13.3. The minimum Gasteiger partial charge on any atom is -0.207 e. The van der Waals surface area contributed by atoms with Crippen LogP contribution in [0.1, 0.15) is 13.8 Å². The Hall–Kier alpha value is -1.01. The molecule has 6 heteroatoms. The van der Waals surface area contributed by atoms with E-state index < -0.39 is 26.6 Å². The first kappa shape index (κ1) is 13.1. The number of hydrogen-bond acceptors (Lipinski definition) is 2. The van der Waals surface area contributed by atoms with E-state index in [0.29, 0.717) is 0 Å². The fourth-order valence-corrected chi connectivity index (χ4v) is 2.99. The van der Waals surface area contributed by atoms with E-state index >= 15 is 0 Å². The van der Waals surface area contributed by atoms with Crippen molar-refractivity contribution in [1.82, 2.24) is 4.31 Å². The monoisotopic (exact) mass is 249 g/mol. The van der Waals surface area contributed by atoms with Crippen LogP contribution in [0.25, 0.3) is 0 Å². The van der Waals surface area contributed by atoms with Crippen molar-refractivity contribution in [1.29, 1.82) is 0 Å². The highest BCUT2D eigenvalue weighted by Crippen LogP contribution is 2.21. The molecule has 1 rings (SSSR count). The molecule has 90 valence electrons. The van der Waals surface area contributed by atoms with Gasteiger partial charge in [-0.1, -0.05) is 19.9 Å². The first-order valence-electron chi connectivity index (χ1n) is 4.89. The molecule has 0 spiro atoms. The standard InChI is InChI=1S/C10H13F2NO2S/c1-3-13(4-2)16(14,15)10-8(11)6-5-7-9(10)12/h5-7H,3-4H2,1-2H3. The van der Waals surface area contributed by atoms with Crippen molar-refractivity contribution < 1.29 is 17.2 Å². The molecule has 0 radical (unpaired) electrons. The molecule has 0 amide bonds. The van der Waals surface area contributed by atoms with Gasteiger partial charge >= 0.3 is 0 Å². The van der Waals surface area contributed by atoms with Crippen LogP contribution in [0.5, 0.6) is 0 Å². The van der Waals surface area contributed by atoms with Crippen molar-refractivity contribution in [3.63, 3.8) is 0 Å². The number of halogens is 2. The summed E-state index contributed by atoms with van der Waals surface area (Å²) in [4.78, 5) is -0.876. The van der Waals surface area contributed by atoms with E-state index in [4.69, 9.17) is 0 Å². The molecule has 0 aliphatic rings. The fourth-order valence-electron chi connectivity index (χ4n) is 1.42. The van der Waals surface area contributed by atoms with E-state index in [0.717, 1.165) is 22.5 Å². The lowest BCUT2D eigenvalue weighted by Crippen LogP contribution is -2.31. The predicted molar refractivity (Wildman–Crippen MR) is 56.5 cm³/mol. The summed E-state index contributed by atoms with van der Waals surface area (Å²) in [5, 5.41) is 0. The molecule has 0 saturated carbocycles. The summed E-state index contributed by atoms with van der Waals surface area (Å²) in [7, 11) is -4.08. The molecule has 0 fully saturated rings. The minimum absolute atomic E-state index is 0.173. The van der Waals surface area contributed by atoms with Crippen LogP contribution >= 0.6 is 0 Å². The number of hydrogen-bond donors (Lipinski definition) is 0. The molecule has 0 heterocycles. The minimum atomic E-state index is -4.08. The Labute approximate surface area is 93.7 Å². The van der Waals surface area contributed by atoms with Gasteiger partial charge in [0, 0.05) is 13.1 Å². The quantitative estimate of drug-likeness (QED) is 0.818. The van der Waals surface area contributed by atoms with Gasteiger partial charge in [-0.05, 0) is 12.1 Å². The SMILES string of the molecule is CCN(CC)S(=O)(=O)c1c(F)cccc1F. The average molecular weight is 249 g/mol. The largest absolute Gasteiger partial charge is 0.248 e. The van der Waals surface area contributed by atoms with Gasteiger partial charge in [0.2, 0.25) is 10.0 Å². The maximum Gasteiger partial charge on any atom is 0.248 e. The molecule has 1 aromatic rings. The number of rotatable bonds is 4. The molecule has 0 atom stereocenters. The van der Waals surface area contributed by atoms with Crippen molar-refractivity contribution in [3.8, 4) is 0 Å². The van der Waals surface area contributed by atoms with Crippen LogP contribution in [0, 0.1) is 11.6 Å². The smallest absolute Gasteiger partial charge is 0.207 e. The third-order valence-corrected chi connectivity index (χ3v) is 4.32. The Kier molecular flexibility index (Phi) is 3.98. The zero-order chi connectivity index (χ0) is 12.3. The lowest BCUT2D eigenvalue weighted by atomic mass is 10.3. The van der Waals surface area contributed by atoms with E-state index in [1.807, 2.05) is 0 Å². The summed E-state index contributed by atoms with van der Waals surface area (Å²) in [6.07, 6.45) is 0. The highest BCUT2D eigenvalue weighted by Gasteiger charge is 2.28. The topological polar surface area (TPSA) is 37.4 Å². The van der Waals surface area contributed by atoms with Crippen LogP contribution < -0.4 is 0 Å². The molecule has 3 nitrogen and oxygen atoms in total. The summed E-state index contributed by atoms with van der Waals surface area (Å²) in [6, 6.07) is 2.99. The zero-order valence-corrected chi connectivity index (χ0v) is 9.89. The fraction of sp³-hybridized carbons (Fsp3) is 0.400. The lowest BCUT2D eigenvalue weighted by Gasteiger charge is -2.18. The van der Waals surface area contributed by atoms with E-state index in [1.165, 1.54) is 0 Å². The van der Waals surface area contributed by atoms with Crippen molar-refractivity contribution in [2.75, 3.05) is 13.1 Å². The predicted octanol–water partition coefficient (Wildman–Crippen LogP) is 2.00. The number of benzene rings is 1. The highest BCUT2D eigenvalue weighted by molar-refractivity contribution is 7.89. The molecular weight excluding hydrogens is 236 g/mol. The number of sulfonamides is 1. The summed E-state index contributed by atoms with van der Waals surface area (Å²) in [5.41, 5.74) is 0. The van der Waals surface area contributed by atoms with Gasteiger partial charge in [-0.25, -0.2) is 17.2 Å². The van der Waals surface area contributed by atoms with Crippen molar-refractivity contribution >= 4 is 10.0 Å². The van der Waals surface area contributed by atoms with Crippen molar-refractivity contribution in [2.24, 2.45) is 0 Å². The second-order valence-electron chi connectivity index (χ2n) is 3.14. The Morgan fingerprint density at radius 3 is 1.94 bits per heavy atom. The normalized spacial score (nSPS) is 12.1. The molecule has 0 aliphatic carbocycles. The second kappa shape index (κ2) is 4.88. The van der Waals surface area contributed by atoms with Crippen LogP contribution in [0.4, 0.5) is 8.78 Å². The Bertz CT molecular complexity index is 449. The summed E-state index contributed by atoms with van der Waals surface area (Å²) < 4.78 is 51.4. The van der Waals surface area contributed by atoms with Crippen LogP contribution in [0.15, 0.2) is 23.1 Å². The van der Waals surface area contributed by atoms with Crippen LogP contribution in [-0.2, 0) is 10.0 Å². The van der Waals surface area contributed by atoms with Crippen LogP contribution in [0.2, 0.25) is 0 Å². The van der Waals surface area contributed by atoms with Gasteiger partial charge in [0.25, 0.3) is 0 Å². The third kappa shape index (κ3) is 2.22. The van der Waals surface area contributed by atoms with Crippen LogP contribution in [-0.4, -0.2) is 25.8 Å². The van der Waals surface area contributed by atoms with E-state index in [2.05, 4.69) is 0 Å². The molecular formula is C10H13F2NO2S. The highest BCUT2D eigenvalue weighted by atomic mass is 32.2. The lowest BCUT2D eigenvalue weighted by molar-refractivity contribution is 0.431. The molecule has 0 unspecified atom stereocenters. The second-order valence-corrected chi connectivity index (χ2v) is 5.01. The van der Waals surface area contributed by atoms with Gasteiger partial charge in [0.15, 0.2) is 4.90 Å². The molecule has 0 N–H and O–H groups in total. The molecule has 0 bridgehead atoms. The maximum absolute atomic E-state index is 13.3. The first-order chi connectivity index (χ1) is 7.45. The Morgan fingerprint density at radius 2 is 1.56 bits per heavy atom. The molecule has 0 aromatic heterocycles. The molecule has 0 saturated heterocycles. The average Bonchev–Trinajstić information content (AvgIpc) is 2.18. The molecule has 16 heavy (non-hydrogen) atoms. The van der Waals surface area contributed by atoms with Crippen molar-refractivity contribution in [2.45, 2.75) is 18.7 Å². The zero-order valence-electron chi connectivity index (χ0n) is 9.07. The van der Waals surface area contributed by atoms with Gasteiger partial charge in [-0.15, -0.1) is 0 Å². The van der Waals surface area contributed by atoms with Gasteiger partial charge < -0.3 is 0 Å². The van der Waals surface area contributed by atoms with Crippen LogP contribution in [0.3, 0.4) is 0 Å². The summed E-state index contributed by atoms with van der Waals surface area (Å²) >= 11 is 0. The van der Waals surface area contributed by atoms with Gasteiger partial charge in [0.05, 0.1) is 0 Å². The first-order valence-corrected chi connectivity index (χ1v) is 6.33. The third-order valence-electron chi connectivity index (χ3n) is 2.22. The summed E-state index contributed by atoms with van der Waals surface area (Å²) in [5.74, 6) is -2.13. The Morgan fingerprint density at radius 1 is 1.12 bits per heavy atom. The molecule has 1 aromatic carbocycles.